The van der Waals surface area contributed by atoms with E-state index in [4.69, 9.17) is 20.8 Å². The van der Waals surface area contributed by atoms with E-state index in [0.717, 1.165) is 0 Å². The highest BCUT2D eigenvalue weighted by Gasteiger charge is 1.93. The molecule has 0 aromatic carbocycles. The molecule has 0 radical (unpaired) electrons. The molecule has 0 bridgehead atoms. The van der Waals surface area contributed by atoms with Crippen molar-refractivity contribution in [2.24, 2.45) is 0 Å². The van der Waals surface area contributed by atoms with Crippen LogP contribution in [0.1, 0.15) is 0 Å². The minimum atomic E-state index is -3.25. The van der Waals surface area contributed by atoms with Gasteiger partial charge in [0.15, 0.2) is 0 Å². The van der Waals surface area contributed by atoms with Crippen molar-refractivity contribution in [3.8, 4) is 0 Å². The molecule has 32 valence electrons. The minimum Gasteiger partial charge on any atom is -0.529 e. The van der Waals surface area contributed by atoms with Crippen LogP contribution in [-0.4, -0.2) is 20.8 Å². The fourth-order valence-electron chi connectivity index (χ4n) is 0. The molecule has 0 atom stereocenters. The van der Waals surface area contributed by atoms with Gasteiger partial charge in [-0.1, -0.05) is 0 Å². The summed E-state index contributed by atoms with van der Waals surface area (Å²) in [6.07, 6.45) is 0. The van der Waals surface area contributed by atoms with Crippen molar-refractivity contribution in [2.45, 2.75) is 0 Å². The smallest absolute Gasteiger partial charge is 0.0686 e. The molecule has 3 N–H and O–H groups in total. The first-order chi connectivity index (χ1) is 2.00. The lowest BCUT2D eigenvalue weighted by Crippen LogP contribution is -2.28. The number of rotatable bonds is 0. The lowest BCUT2D eigenvalue weighted by atomic mass is 12.8. The van der Waals surface area contributed by atoms with Crippen LogP contribution in [0.15, 0.2) is 0 Å². The summed E-state index contributed by atoms with van der Waals surface area (Å²) in [5.74, 6) is 0. The molecule has 5 heteroatoms. The molecule has 0 aliphatic rings. The Labute approximate surface area is 27.3 Å². The Bertz CT molecular complexity index is 19.1. The normalized spacial score (nSPS) is 12.0. The van der Waals surface area contributed by atoms with E-state index in [-0.39, 0.29) is 0 Å². The molecule has 0 heterocycles. The zero-order valence-electron chi connectivity index (χ0n) is 2.20. The van der Waals surface area contributed by atoms with Gasteiger partial charge in [-0.25, -0.2) is 0 Å². The Hall–Kier alpha value is -0.200. The van der Waals surface area contributed by atoms with Gasteiger partial charge < -0.3 is 5.21 Å². The predicted octanol–water partition coefficient (Wildman–Crippen LogP) is -0.531. The molecule has 0 spiro atoms. The maximum Gasteiger partial charge on any atom is 0.0686 e. The quantitative estimate of drug-likeness (QED) is 0.270. The van der Waals surface area contributed by atoms with E-state index in [0.29, 0.717) is 0 Å². The molecule has 0 saturated carbocycles. The molecule has 0 amide bonds. The van der Waals surface area contributed by atoms with Gasteiger partial charge in [0.25, 0.3) is 0 Å². The van der Waals surface area contributed by atoms with Gasteiger partial charge in [-0.05, 0) is 0 Å². The lowest BCUT2D eigenvalue weighted by molar-refractivity contribution is -1.34. The third-order valence-electron chi connectivity index (χ3n) is 0. The summed E-state index contributed by atoms with van der Waals surface area (Å²) in [6, 6.07) is 0. The van der Waals surface area contributed by atoms with E-state index in [2.05, 4.69) is 0 Å². The third kappa shape index (κ3) is 308. The Morgan fingerprint density at radius 2 is 1.20 bits per heavy atom. The van der Waals surface area contributed by atoms with E-state index in [1.54, 1.807) is 0 Å². The average Bonchev–Trinajstić information content (AvgIpc) is 0.722. The van der Waals surface area contributed by atoms with Gasteiger partial charge >= 0.3 is 0 Å². The van der Waals surface area contributed by atoms with Gasteiger partial charge in [0, 0.05) is 0 Å². The highest BCUT2D eigenvalue weighted by Crippen LogP contribution is 1.73. The average molecular weight is 81.0 g/mol. The van der Waals surface area contributed by atoms with Gasteiger partial charge in [-0.3, -0.25) is 0 Å². The van der Waals surface area contributed by atoms with Crippen LogP contribution < -0.4 is 0 Å². The maximum absolute atomic E-state index is 8.71. The summed E-state index contributed by atoms with van der Waals surface area (Å²) >= 11 is 0. The fraction of sp³-hybridized carbons (Fsp3) is 0. The standard InChI is InChI=1S/H3NO4/c2-1(3,4)5/h2-4H. The van der Waals surface area contributed by atoms with Gasteiger partial charge in [0.2, 0.25) is 0 Å². The van der Waals surface area contributed by atoms with Gasteiger partial charge in [0.1, 0.15) is 0 Å². The Morgan fingerprint density at radius 3 is 1.20 bits per heavy atom. The molecule has 0 aliphatic heterocycles. The first-order valence-electron chi connectivity index (χ1n) is 0.783. The first kappa shape index (κ1) is 4.80. The zero-order chi connectivity index (χ0) is 4.50. The van der Waals surface area contributed by atoms with Crippen molar-refractivity contribution in [2.75, 3.05) is 0 Å². The number of hydrogen-bond acceptors (Lipinski definition) is 4. The highest BCUT2D eigenvalue weighted by atomic mass is 17.2. The Kier molecular flexibility index (Phi) is 0.850. The SMILES string of the molecule is [O-][N+](O)(O)O. The Balaban J connectivity index is 3.02. The van der Waals surface area contributed by atoms with E-state index in [1.807, 2.05) is 0 Å². The molecule has 0 aromatic rings. The second-order valence-corrected chi connectivity index (χ2v) is 0.513. The molecule has 0 aromatic heterocycles. The number of nitrogens with zero attached hydrogens (tertiary/aromatic N) is 1. The van der Waals surface area contributed by atoms with Crippen molar-refractivity contribution < 1.29 is 20.8 Å². The van der Waals surface area contributed by atoms with E-state index in [1.165, 1.54) is 0 Å². The number of quaternary nitrogens is 1. The summed E-state index contributed by atoms with van der Waals surface area (Å²) in [7, 11) is 0. The van der Waals surface area contributed by atoms with Gasteiger partial charge in [-0.2, -0.15) is 0 Å². The van der Waals surface area contributed by atoms with Crippen molar-refractivity contribution >= 4 is 0 Å². The van der Waals surface area contributed by atoms with Crippen LogP contribution in [-0.2, 0) is 0 Å². The van der Waals surface area contributed by atoms with E-state index >= 15 is 0 Å². The summed E-state index contributed by atoms with van der Waals surface area (Å²) < 4.78 is 0. The second kappa shape index (κ2) is 0.886. The lowest BCUT2D eigenvalue weighted by Gasteiger charge is -2.10. The second-order valence-electron chi connectivity index (χ2n) is 0.513. The Morgan fingerprint density at radius 1 is 1.20 bits per heavy atom. The summed E-state index contributed by atoms with van der Waals surface area (Å²) in [5, 5.41) is 26.5. The van der Waals surface area contributed by atoms with Crippen molar-refractivity contribution in [1.29, 1.82) is 0 Å². The van der Waals surface area contributed by atoms with Crippen LogP contribution in [0.25, 0.3) is 0 Å². The zero-order valence-corrected chi connectivity index (χ0v) is 2.20. The van der Waals surface area contributed by atoms with Crippen LogP contribution in [0.2, 0.25) is 0 Å². The topological polar surface area (TPSA) is 83.8 Å². The third-order valence-corrected chi connectivity index (χ3v) is 0. The molecule has 0 aliphatic carbocycles. The summed E-state index contributed by atoms with van der Waals surface area (Å²) in [4.78, 5) is 0. The largest absolute Gasteiger partial charge is 0.529 e. The predicted molar refractivity (Wildman–Crippen MR) is 8.99 cm³/mol. The molecule has 0 rings (SSSR count). The minimum absolute atomic E-state index is 3.25. The molecular formula is H3NO4. The molecule has 0 fully saturated rings. The van der Waals surface area contributed by atoms with Gasteiger partial charge in [-0.15, -0.1) is 15.6 Å². The summed E-state index contributed by atoms with van der Waals surface area (Å²) in [6.45, 7) is 0. The van der Waals surface area contributed by atoms with Crippen molar-refractivity contribution in [3.05, 3.63) is 5.21 Å². The van der Waals surface area contributed by atoms with E-state index < -0.39 is 5.14 Å². The van der Waals surface area contributed by atoms with Crippen LogP contribution in [0.4, 0.5) is 0 Å². The van der Waals surface area contributed by atoms with Gasteiger partial charge in [0.05, 0.1) is 5.14 Å². The molecule has 5 nitrogen and oxygen atoms in total. The van der Waals surface area contributed by atoms with Crippen LogP contribution in [0, 0.1) is 5.21 Å². The molecule has 0 saturated heterocycles. The van der Waals surface area contributed by atoms with Crippen LogP contribution in [0.3, 0.4) is 0 Å². The molecule has 5 heavy (non-hydrogen) atoms. The monoisotopic (exact) mass is 81.0 g/mol. The van der Waals surface area contributed by atoms with Crippen LogP contribution in [0.5, 0.6) is 0 Å². The summed E-state index contributed by atoms with van der Waals surface area (Å²) in [5.41, 5.74) is 0. The number of hydrogen-bond donors (Lipinski definition) is 3. The highest BCUT2D eigenvalue weighted by molar-refractivity contribution is 3.77. The van der Waals surface area contributed by atoms with Crippen molar-refractivity contribution in [3.63, 3.8) is 0 Å². The molecule has 0 unspecified atom stereocenters. The molecular weight excluding hydrogens is 78.0 g/mol. The van der Waals surface area contributed by atoms with Crippen molar-refractivity contribution in [1.82, 2.24) is 0 Å². The first-order valence-corrected chi connectivity index (χ1v) is 0.783. The van der Waals surface area contributed by atoms with E-state index in [9.17, 15) is 0 Å². The fourth-order valence-corrected chi connectivity index (χ4v) is 0. The maximum atomic E-state index is 8.71. The van der Waals surface area contributed by atoms with Crippen LogP contribution >= 0.6 is 0 Å².